The Morgan fingerprint density at radius 2 is 1.67 bits per heavy atom. The quantitative estimate of drug-likeness (QED) is 0.517. The number of anilines is 1. The van der Waals surface area contributed by atoms with Crippen molar-refractivity contribution >= 4 is 17.3 Å². The van der Waals surface area contributed by atoms with Crippen LogP contribution in [0.15, 0.2) is 72.8 Å². The molecule has 0 unspecified atom stereocenters. The second kappa shape index (κ2) is 8.09. The van der Waals surface area contributed by atoms with Crippen molar-refractivity contribution in [2.75, 3.05) is 11.9 Å². The number of nitro groups is 1. The normalized spacial score (nSPS) is 10.3. The van der Waals surface area contributed by atoms with Crippen molar-refractivity contribution in [3.63, 3.8) is 0 Å². The van der Waals surface area contributed by atoms with Crippen LogP contribution in [0.1, 0.15) is 0 Å². The summed E-state index contributed by atoms with van der Waals surface area (Å²) in [5, 5.41) is 13.0. The molecule has 3 aromatic carbocycles. The van der Waals surface area contributed by atoms with Gasteiger partial charge in [0.15, 0.2) is 6.61 Å². The number of carbonyl (C=O) groups is 1. The lowest BCUT2D eigenvalue weighted by atomic mass is 10.1. The summed E-state index contributed by atoms with van der Waals surface area (Å²) in [6.07, 6.45) is 0. The number of rotatable bonds is 6. The van der Waals surface area contributed by atoms with Gasteiger partial charge in [0.1, 0.15) is 11.6 Å². The SMILES string of the molecule is O=C(COc1ccc(-c2ccccc2)cc1)Nc1cc([N+](=O)[O-])ccc1F. The third-order valence-electron chi connectivity index (χ3n) is 3.77. The highest BCUT2D eigenvalue weighted by molar-refractivity contribution is 5.92. The van der Waals surface area contributed by atoms with Crippen LogP contribution in [0.4, 0.5) is 15.8 Å². The van der Waals surface area contributed by atoms with E-state index in [0.717, 1.165) is 29.3 Å². The van der Waals surface area contributed by atoms with Crippen LogP contribution in [0, 0.1) is 15.9 Å². The first-order valence-corrected chi connectivity index (χ1v) is 8.05. The molecule has 0 aliphatic heterocycles. The molecule has 0 aliphatic rings. The number of nitrogens with one attached hydrogen (secondary N) is 1. The van der Waals surface area contributed by atoms with E-state index in [0.29, 0.717) is 5.75 Å². The van der Waals surface area contributed by atoms with Gasteiger partial charge in [0.25, 0.3) is 11.6 Å². The Kier molecular flexibility index (Phi) is 5.41. The molecule has 6 nitrogen and oxygen atoms in total. The van der Waals surface area contributed by atoms with Gasteiger partial charge in [0.05, 0.1) is 10.6 Å². The fourth-order valence-corrected chi connectivity index (χ4v) is 2.43. The summed E-state index contributed by atoms with van der Waals surface area (Å²) in [5.41, 5.74) is 1.48. The molecule has 0 aliphatic carbocycles. The average molecular weight is 366 g/mol. The second-order valence-corrected chi connectivity index (χ2v) is 5.65. The molecule has 0 saturated carbocycles. The summed E-state index contributed by atoms with van der Waals surface area (Å²) in [5.74, 6) is -0.910. The predicted molar refractivity (Wildman–Crippen MR) is 99.1 cm³/mol. The molecule has 136 valence electrons. The molecule has 1 N–H and O–H groups in total. The number of benzene rings is 3. The zero-order valence-electron chi connectivity index (χ0n) is 14.1. The fourth-order valence-electron chi connectivity index (χ4n) is 2.43. The average Bonchev–Trinajstić information content (AvgIpc) is 2.69. The highest BCUT2D eigenvalue weighted by Crippen LogP contribution is 2.23. The summed E-state index contributed by atoms with van der Waals surface area (Å²) in [7, 11) is 0. The summed E-state index contributed by atoms with van der Waals surface area (Å²) < 4.78 is 19.1. The van der Waals surface area contributed by atoms with Crippen molar-refractivity contribution in [3.05, 3.63) is 88.7 Å². The van der Waals surface area contributed by atoms with Gasteiger partial charge in [0.2, 0.25) is 0 Å². The molecule has 7 heteroatoms. The minimum Gasteiger partial charge on any atom is -0.484 e. The maximum atomic E-state index is 13.7. The molecule has 0 aromatic heterocycles. The van der Waals surface area contributed by atoms with Gasteiger partial charge in [-0.05, 0) is 29.3 Å². The Hall–Kier alpha value is -3.74. The van der Waals surface area contributed by atoms with Gasteiger partial charge in [-0.3, -0.25) is 14.9 Å². The number of hydrogen-bond donors (Lipinski definition) is 1. The molecule has 27 heavy (non-hydrogen) atoms. The van der Waals surface area contributed by atoms with E-state index in [4.69, 9.17) is 4.74 Å². The lowest BCUT2D eigenvalue weighted by molar-refractivity contribution is -0.384. The highest BCUT2D eigenvalue weighted by atomic mass is 19.1. The number of ether oxygens (including phenoxy) is 1. The van der Waals surface area contributed by atoms with Gasteiger partial charge in [0, 0.05) is 12.1 Å². The number of nitrogens with zero attached hydrogens (tertiary/aromatic N) is 1. The van der Waals surface area contributed by atoms with Gasteiger partial charge in [-0.15, -0.1) is 0 Å². The predicted octanol–water partition coefficient (Wildman–Crippen LogP) is 4.42. The van der Waals surface area contributed by atoms with Crippen LogP contribution in [0.3, 0.4) is 0 Å². The standard InChI is InChI=1S/C20H15FN2O4/c21-18-11-8-16(23(25)26)12-19(18)22-20(24)13-27-17-9-6-15(7-10-17)14-4-2-1-3-5-14/h1-12H,13H2,(H,22,24). The maximum Gasteiger partial charge on any atom is 0.271 e. The number of amides is 1. The van der Waals surface area contributed by atoms with Crippen molar-refractivity contribution in [3.8, 4) is 16.9 Å². The Morgan fingerprint density at radius 3 is 2.33 bits per heavy atom. The minimum absolute atomic E-state index is 0.266. The first kappa shape index (κ1) is 18.1. The van der Waals surface area contributed by atoms with E-state index < -0.39 is 16.6 Å². The largest absolute Gasteiger partial charge is 0.484 e. The zero-order chi connectivity index (χ0) is 19.2. The number of non-ortho nitro benzene ring substituents is 1. The Bertz CT molecular complexity index is 959. The molecule has 0 radical (unpaired) electrons. The Balaban J connectivity index is 1.59. The van der Waals surface area contributed by atoms with Gasteiger partial charge in [-0.1, -0.05) is 42.5 Å². The first-order valence-electron chi connectivity index (χ1n) is 8.05. The molecule has 0 atom stereocenters. The van der Waals surface area contributed by atoms with E-state index in [9.17, 15) is 19.3 Å². The molecule has 1 amide bonds. The van der Waals surface area contributed by atoms with Crippen LogP contribution >= 0.6 is 0 Å². The molecule has 0 saturated heterocycles. The zero-order valence-corrected chi connectivity index (χ0v) is 14.1. The van der Waals surface area contributed by atoms with Gasteiger partial charge in [-0.2, -0.15) is 0 Å². The second-order valence-electron chi connectivity index (χ2n) is 5.65. The van der Waals surface area contributed by atoms with Gasteiger partial charge < -0.3 is 10.1 Å². The van der Waals surface area contributed by atoms with E-state index >= 15 is 0 Å². The van der Waals surface area contributed by atoms with Crippen molar-refractivity contribution in [2.24, 2.45) is 0 Å². The molecular weight excluding hydrogens is 351 g/mol. The van der Waals surface area contributed by atoms with Crippen LogP contribution in [0.2, 0.25) is 0 Å². The van der Waals surface area contributed by atoms with Crippen molar-refractivity contribution in [2.45, 2.75) is 0 Å². The number of hydrogen-bond acceptors (Lipinski definition) is 4. The summed E-state index contributed by atoms with van der Waals surface area (Å²) in [6.45, 7) is -0.354. The third-order valence-corrected chi connectivity index (χ3v) is 3.77. The Morgan fingerprint density at radius 1 is 1.00 bits per heavy atom. The fraction of sp³-hybridized carbons (Fsp3) is 0.0500. The smallest absolute Gasteiger partial charge is 0.271 e. The molecule has 0 heterocycles. The van der Waals surface area contributed by atoms with Crippen molar-refractivity contribution < 1.29 is 18.8 Å². The van der Waals surface area contributed by atoms with Gasteiger partial charge >= 0.3 is 0 Å². The molecule has 0 bridgehead atoms. The van der Waals surface area contributed by atoms with E-state index in [-0.39, 0.29) is 18.0 Å². The van der Waals surface area contributed by atoms with Crippen LogP contribution in [-0.2, 0) is 4.79 Å². The monoisotopic (exact) mass is 366 g/mol. The lowest BCUT2D eigenvalue weighted by Gasteiger charge is -2.09. The third kappa shape index (κ3) is 4.66. The molecule has 0 fully saturated rings. The Labute approximate surface area is 154 Å². The molecule has 0 spiro atoms. The van der Waals surface area contributed by atoms with Crippen LogP contribution in [0.25, 0.3) is 11.1 Å². The molecular formula is C20H15FN2O4. The summed E-state index contributed by atoms with van der Waals surface area (Å²) in [4.78, 5) is 22.0. The van der Waals surface area contributed by atoms with Crippen LogP contribution in [-0.4, -0.2) is 17.4 Å². The highest BCUT2D eigenvalue weighted by Gasteiger charge is 2.13. The number of carbonyl (C=O) groups excluding carboxylic acids is 1. The summed E-state index contributed by atoms with van der Waals surface area (Å²) in [6, 6.07) is 19.9. The van der Waals surface area contributed by atoms with E-state index in [1.54, 1.807) is 12.1 Å². The molecule has 3 rings (SSSR count). The number of nitro benzene ring substituents is 1. The minimum atomic E-state index is -0.763. The topological polar surface area (TPSA) is 81.5 Å². The maximum absolute atomic E-state index is 13.7. The van der Waals surface area contributed by atoms with Gasteiger partial charge in [-0.25, -0.2) is 4.39 Å². The van der Waals surface area contributed by atoms with Crippen molar-refractivity contribution in [1.82, 2.24) is 0 Å². The van der Waals surface area contributed by atoms with E-state index in [1.807, 2.05) is 42.5 Å². The van der Waals surface area contributed by atoms with Crippen LogP contribution in [0.5, 0.6) is 5.75 Å². The first-order chi connectivity index (χ1) is 13.0. The summed E-state index contributed by atoms with van der Waals surface area (Å²) >= 11 is 0. The number of halogens is 1. The van der Waals surface area contributed by atoms with E-state index in [2.05, 4.69) is 5.32 Å². The van der Waals surface area contributed by atoms with Crippen LogP contribution < -0.4 is 10.1 Å². The molecule has 3 aromatic rings. The lowest BCUT2D eigenvalue weighted by Crippen LogP contribution is -2.20. The van der Waals surface area contributed by atoms with Crippen molar-refractivity contribution in [1.29, 1.82) is 0 Å². The van der Waals surface area contributed by atoms with E-state index in [1.165, 1.54) is 0 Å².